The van der Waals surface area contributed by atoms with Gasteiger partial charge in [-0.1, -0.05) is 0 Å². The number of hydrogen-bond donors (Lipinski definition) is 1. The normalized spacial score (nSPS) is 21.2. The molecule has 1 aromatic rings. The summed E-state index contributed by atoms with van der Waals surface area (Å²) in [7, 11) is 0. The Bertz CT molecular complexity index is 373. The molecule has 5 heteroatoms. The Morgan fingerprint density at radius 1 is 1.73 bits per heavy atom. The zero-order chi connectivity index (χ0) is 10.7. The maximum absolute atomic E-state index is 8.70. The van der Waals surface area contributed by atoms with Gasteiger partial charge in [0.15, 0.2) is 0 Å². The average molecular weight is 225 g/mol. The van der Waals surface area contributed by atoms with Gasteiger partial charge < -0.3 is 9.88 Å². The first-order chi connectivity index (χ1) is 7.33. The quantitative estimate of drug-likeness (QED) is 0.829. The number of aromatic nitrogens is 2. The second-order valence-electron chi connectivity index (χ2n) is 3.72. The van der Waals surface area contributed by atoms with Crippen LogP contribution < -0.4 is 5.32 Å². The van der Waals surface area contributed by atoms with Crippen molar-refractivity contribution in [1.29, 1.82) is 5.26 Å². The second-order valence-corrected chi connectivity index (χ2v) is 4.06. The second kappa shape index (κ2) is 4.65. The van der Waals surface area contributed by atoms with Crippen LogP contribution in [-0.2, 0) is 6.42 Å². The highest BCUT2D eigenvalue weighted by Crippen LogP contribution is 2.23. The molecule has 1 aliphatic heterocycles. The van der Waals surface area contributed by atoms with Crippen LogP contribution in [-0.4, -0.2) is 22.6 Å². The fourth-order valence-electron chi connectivity index (χ4n) is 2.02. The summed E-state index contributed by atoms with van der Waals surface area (Å²) in [5, 5.41) is 12.5. The van der Waals surface area contributed by atoms with Gasteiger partial charge in [-0.25, -0.2) is 4.98 Å². The largest absolute Gasteiger partial charge is 0.315 e. The first kappa shape index (κ1) is 10.5. The third kappa shape index (κ3) is 2.14. The monoisotopic (exact) mass is 224 g/mol. The summed E-state index contributed by atoms with van der Waals surface area (Å²) in [6.45, 7) is 1.98. The Morgan fingerprint density at radius 3 is 3.27 bits per heavy atom. The summed E-state index contributed by atoms with van der Waals surface area (Å²) in [6.07, 6.45) is 4.31. The molecule has 0 radical (unpaired) electrons. The number of nitrogens with one attached hydrogen (secondary N) is 1. The van der Waals surface area contributed by atoms with E-state index in [1.807, 2.05) is 4.57 Å². The SMILES string of the molecule is N#CCc1cnc(Cl)n1[C@H]1CCCNC1. The maximum atomic E-state index is 8.70. The van der Waals surface area contributed by atoms with Crippen molar-refractivity contribution in [1.82, 2.24) is 14.9 Å². The van der Waals surface area contributed by atoms with E-state index in [4.69, 9.17) is 16.9 Å². The lowest BCUT2D eigenvalue weighted by molar-refractivity contribution is 0.366. The molecular weight excluding hydrogens is 212 g/mol. The first-order valence-corrected chi connectivity index (χ1v) is 5.50. The fourth-order valence-corrected chi connectivity index (χ4v) is 2.32. The summed E-state index contributed by atoms with van der Waals surface area (Å²) < 4.78 is 1.98. The van der Waals surface area contributed by atoms with Crippen LogP contribution in [0, 0.1) is 11.3 Å². The van der Waals surface area contributed by atoms with Crippen molar-refractivity contribution in [2.75, 3.05) is 13.1 Å². The lowest BCUT2D eigenvalue weighted by atomic mass is 10.1. The van der Waals surface area contributed by atoms with Crippen molar-refractivity contribution in [3.8, 4) is 6.07 Å². The van der Waals surface area contributed by atoms with Crippen LogP contribution in [0.5, 0.6) is 0 Å². The van der Waals surface area contributed by atoms with Crippen molar-refractivity contribution >= 4 is 11.6 Å². The van der Waals surface area contributed by atoms with Gasteiger partial charge in [-0.05, 0) is 31.0 Å². The summed E-state index contributed by atoms with van der Waals surface area (Å²) in [4.78, 5) is 4.06. The number of rotatable bonds is 2. The molecule has 80 valence electrons. The van der Waals surface area contributed by atoms with Gasteiger partial charge in [-0.15, -0.1) is 0 Å². The lowest BCUT2D eigenvalue weighted by Gasteiger charge is -2.25. The molecule has 0 aromatic carbocycles. The van der Waals surface area contributed by atoms with Crippen LogP contribution in [0.4, 0.5) is 0 Å². The van der Waals surface area contributed by atoms with Crippen molar-refractivity contribution < 1.29 is 0 Å². The molecule has 2 heterocycles. The van der Waals surface area contributed by atoms with Gasteiger partial charge in [0.1, 0.15) is 0 Å². The van der Waals surface area contributed by atoms with Crippen LogP contribution >= 0.6 is 11.6 Å². The van der Waals surface area contributed by atoms with Crippen LogP contribution in [0.1, 0.15) is 24.6 Å². The lowest BCUT2D eigenvalue weighted by Crippen LogP contribution is -2.32. The van der Waals surface area contributed by atoms with Crippen molar-refractivity contribution in [3.05, 3.63) is 17.2 Å². The molecule has 0 bridgehead atoms. The van der Waals surface area contributed by atoms with Crippen LogP contribution in [0.15, 0.2) is 6.20 Å². The molecule has 2 rings (SSSR count). The van der Waals surface area contributed by atoms with Gasteiger partial charge in [-0.2, -0.15) is 5.26 Å². The summed E-state index contributed by atoms with van der Waals surface area (Å²) in [5.74, 6) is 0. The third-order valence-corrected chi connectivity index (χ3v) is 3.00. The van der Waals surface area contributed by atoms with Gasteiger partial charge in [0.2, 0.25) is 5.28 Å². The van der Waals surface area contributed by atoms with Crippen LogP contribution in [0.3, 0.4) is 0 Å². The Balaban J connectivity index is 2.24. The zero-order valence-electron chi connectivity index (χ0n) is 8.41. The highest BCUT2D eigenvalue weighted by Gasteiger charge is 2.20. The molecule has 1 saturated heterocycles. The van der Waals surface area contributed by atoms with E-state index in [-0.39, 0.29) is 0 Å². The van der Waals surface area contributed by atoms with E-state index in [1.54, 1.807) is 6.20 Å². The minimum absolute atomic E-state index is 0.345. The van der Waals surface area contributed by atoms with E-state index < -0.39 is 0 Å². The third-order valence-electron chi connectivity index (χ3n) is 2.72. The van der Waals surface area contributed by atoms with Crippen molar-refractivity contribution in [2.45, 2.75) is 25.3 Å². The van der Waals surface area contributed by atoms with Gasteiger partial charge in [0.25, 0.3) is 0 Å². The molecule has 0 saturated carbocycles. The van der Waals surface area contributed by atoms with Gasteiger partial charge in [0, 0.05) is 12.6 Å². The minimum atomic E-state index is 0.345. The highest BCUT2D eigenvalue weighted by molar-refractivity contribution is 6.28. The number of nitrogens with zero attached hydrogens (tertiary/aromatic N) is 3. The number of halogens is 1. The molecule has 15 heavy (non-hydrogen) atoms. The molecule has 1 N–H and O–H groups in total. The fraction of sp³-hybridized carbons (Fsp3) is 0.600. The number of piperidine rings is 1. The summed E-state index contributed by atoms with van der Waals surface area (Å²) in [5.41, 5.74) is 0.913. The minimum Gasteiger partial charge on any atom is -0.315 e. The molecule has 4 nitrogen and oxygen atoms in total. The molecular formula is C10H13ClN4. The Morgan fingerprint density at radius 2 is 2.60 bits per heavy atom. The standard InChI is InChI=1S/C10H13ClN4/c11-10-14-7-9(3-4-12)15(10)8-2-1-5-13-6-8/h7-8,13H,1-3,5-6H2/t8-/m0/s1. The highest BCUT2D eigenvalue weighted by atomic mass is 35.5. The van der Waals surface area contributed by atoms with E-state index in [1.165, 1.54) is 0 Å². The topological polar surface area (TPSA) is 53.6 Å². The Labute approximate surface area is 93.9 Å². The van der Waals surface area contributed by atoms with E-state index in [0.717, 1.165) is 31.6 Å². The number of hydrogen-bond acceptors (Lipinski definition) is 3. The van der Waals surface area contributed by atoms with E-state index in [9.17, 15) is 0 Å². The van der Waals surface area contributed by atoms with Gasteiger partial charge >= 0.3 is 0 Å². The predicted octanol–water partition coefficient (Wildman–Crippen LogP) is 1.53. The average Bonchev–Trinajstić information content (AvgIpc) is 2.62. The molecule has 1 fully saturated rings. The van der Waals surface area contributed by atoms with Crippen LogP contribution in [0.2, 0.25) is 5.28 Å². The van der Waals surface area contributed by atoms with Crippen molar-refractivity contribution in [2.24, 2.45) is 0 Å². The van der Waals surface area contributed by atoms with Gasteiger partial charge in [0.05, 0.1) is 24.4 Å². The number of imidazole rings is 1. The molecule has 1 atom stereocenters. The first-order valence-electron chi connectivity index (χ1n) is 5.12. The Kier molecular flexibility index (Phi) is 3.24. The summed E-state index contributed by atoms with van der Waals surface area (Å²) >= 11 is 6.03. The van der Waals surface area contributed by atoms with E-state index in [0.29, 0.717) is 17.7 Å². The summed E-state index contributed by atoms with van der Waals surface area (Å²) in [6, 6.07) is 2.48. The van der Waals surface area contributed by atoms with Crippen molar-refractivity contribution in [3.63, 3.8) is 0 Å². The zero-order valence-corrected chi connectivity index (χ0v) is 9.17. The molecule has 1 aliphatic rings. The molecule has 1 aromatic heterocycles. The molecule has 0 unspecified atom stereocenters. The predicted molar refractivity (Wildman–Crippen MR) is 57.7 cm³/mol. The molecule has 0 spiro atoms. The Hall–Kier alpha value is -1.05. The number of nitriles is 1. The molecule has 0 amide bonds. The van der Waals surface area contributed by atoms with Crippen LogP contribution in [0.25, 0.3) is 0 Å². The van der Waals surface area contributed by atoms with E-state index in [2.05, 4.69) is 16.4 Å². The van der Waals surface area contributed by atoms with Gasteiger partial charge in [-0.3, -0.25) is 0 Å². The smallest absolute Gasteiger partial charge is 0.203 e. The molecule has 0 aliphatic carbocycles. The maximum Gasteiger partial charge on any atom is 0.203 e. The van der Waals surface area contributed by atoms with E-state index >= 15 is 0 Å².